The summed E-state index contributed by atoms with van der Waals surface area (Å²) in [6, 6.07) is 0. The van der Waals surface area contributed by atoms with Crippen LogP contribution in [0.25, 0.3) is 0 Å². The van der Waals surface area contributed by atoms with Crippen LogP contribution in [-0.2, 0) is 4.79 Å². The Kier molecular flexibility index (Phi) is 12.2. The topological polar surface area (TPSA) is 37.3 Å². The molecular weight excluding hydrogens is 308 g/mol. The lowest BCUT2D eigenvalue weighted by Crippen LogP contribution is -2.15. The van der Waals surface area contributed by atoms with Gasteiger partial charge in [0.05, 0.1) is 6.10 Å². The van der Waals surface area contributed by atoms with E-state index in [1.54, 1.807) is 6.92 Å². The van der Waals surface area contributed by atoms with Gasteiger partial charge in [-0.3, -0.25) is 0 Å². The largest absolute Gasteiger partial charge is 0.389 e. The van der Waals surface area contributed by atoms with E-state index in [1.807, 2.05) is 6.92 Å². The molecule has 25 heavy (non-hydrogen) atoms. The van der Waals surface area contributed by atoms with Crippen molar-refractivity contribution in [3.8, 4) is 0 Å². The second-order valence-electron chi connectivity index (χ2n) is 8.28. The Morgan fingerprint density at radius 2 is 1.12 bits per heavy atom. The van der Waals surface area contributed by atoms with Crippen molar-refractivity contribution in [1.82, 2.24) is 0 Å². The van der Waals surface area contributed by atoms with Crippen LogP contribution in [0.5, 0.6) is 0 Å². The quantitative estimate of drug-likeness (QED) is 0.569. The zero-order valence-corrected chi connectivity index (χ0v) is 17.1. The van der Waals surface area contributed by atoms with Crippen LogP contribution in [0.1, 0.15) is 117 Å². The molecule has 0 aromatic rings. The van der Waals surface area contributed by atoms with E-state index in [0.29, 0.717) is 6.42 Å². The molecular formula is C23H42O2. The monoisotopic (exact) mass is 350 g/mol. The third-order valence-corrected chi connectivity index (χ3v) is 5.75. The highest BCUT2D eigenvalue weighted by molar-refractivity contribution is 5.76. The van der Waals surface area contributed by atoms with Crippen LogP contribution in [0.4, 0.5) is 0 Å². The molecule has 1 aliphatic carbocycles. The van der Waals surface area contributed by atoms with E-state index in [1.165, 1.54) is 88.2 Å². The molecule has 2 nitrogen and oxygen atoms in total. The Bertz CT molecular complexity index is 395. The smallest absolute Gasteiger partial charge is 0.130 e. The van der Waals surface area contributed by atoms with Crippen molar-refractivity contribution >= 4 is 5.78 Å². The molecule has 1 aliphatic rings. The molecule has 0 unspecified atom stereocenters. The molecule has 1 N–H and O–H groups in total. The minimum Gasteiger partial charge on any atom is -0.389 e. The first-order valence-electron chi connectivity index (χ1n) is 10.9. The molecule has 0 fully saturated rings. The van der Waals surface area contributed by atoms with Gasteiger partial charge in [-0.15, -0.1) is 0 Å². The number of hydrogen-bond donors (Lipinski definition) is 1. The predicted molar refractivity (Wildman–Crippen MR) is 108 cm³/mol. The highest BCUT2D eigenvalue weighted by Gasteiger charge is 2.18. The molecule has 0 bridgehead atoms. The summed E-state index contributed by atoms with van der Waals surface area (Å²) in [5.41, 5.74) is 2.62. The first-order chi connectivity index (χ1) is 12.0. The fourth-order valence-corrected chi connectivity index (χ4v) is 4.31. The number of ketones is 1. The van der Waals surface area contributed by atoms with Gasteiger partial charge in [0.2, 0.25) is 0 Å². The van der Waals surface area contributed by atoms with Gasteiger partial charge in [0.1, 0.15) is 5.78 Å². The third-order valence-electron chi connectivity index (χ3n) is 5.75. The maximum atomic E-state index is 11.6. The average molecular weight is 351 g/mol. The zero-order valence-electron chi connectivity index (χ0n) is 17.1. The van der Waals surface area contributed by atoms with Crippen molar-refractivity contribution in [3.05, 3.63) is 11.1 Å². The number of rotatable bonds is 4. The van der Waals surface area contributed by atoms with Crippen LogP contribution < -0.4 is 0 Å². The number of aliphatic hydroxyl groups is 1. The van der Waals surface area contributed by atoms with Gasteiger partial charge < -0.3 is 9.90 Å². The van der Waals surface area contributed by atoms with Gasteiger partial charge in [0.25, 0.3) is 0 Å². The van der Waals surface area contributed by atoms with E-state index in [0.717, 1.165) is 12.8 Å². The zero-order chi connectivity index (χ0) is 18.5. The first-order valence-corrected chi connectivity index (χ1v) is 10.9. The Morgan fingerprint density at radius 1 is 0.760 bits per heavy atom. The maximum Gasteiger partial charge on any atom is 0.130 e. The molecule has 0 aromatic carbocycles. The molecule has 0 heterocycles. The lowest BCUT2D eigenvalue weighted by atomic mass is 9.84. The van der Waals surface area contributed by atoms with Crippen LogP contribution in [0.2, 0.25) is 0 Å². The van der Waals surface area contributed by atoms with Crippen LogP contribution in [-0.4, -0.2) is 17.0 Å². The second kappa shape index (κ2) is 13.6. The Morgan fingerprint density at radius 3 is 1.48 bits per heavy atom. The maximum absolute atomic E-state index is 11.6. The van der Waals surface area contributed by atoms with Gasteiger partial charge in [-0.05, 0) is 51.0 Å². The summed E-state index contributed by atoms with van der Waals surface area (Å²) in [7, 11) is 0. The molecule has 146 valence electrons. The van der Waals surface area contributed by atoms with Crippen LogP contribution in [0.3, 0.4) is 0 Å². The van der Waals surface area contributed by atoms with Gasteiger partial charge in [0, 0.05) is 6.42 Å². The third kappa shape index (κ3) is 10.2. The van der Waals surface area contributed by atoms with E-state index >= 15 is 0 Å². The standard InChI is InChI=1S/C23H42O2/c1-19(18-20(2)24)22-16-14-12-10-8-6-4-5-7-9-11-13-15-17-23(22)21(3)25/h19,21,25H,4-18H2,1-3H3/t19-,21+/m0/s1. The fourth-order valence-electron chi connectivity index (χ4n) is 4.31. The molecule has 0 aliphatic heterocycles. The molecule has 2 atom stereocenters. The molecule has 2 heteroatoms. The SMILES string of the molecule is CC(=O)C[C@H](C)C1=C([C@@H](C)O)CCCCCCCCCCCCCC1. The summed E-state index contributed by atoms with van der Waals surface area (Å²) >= 11 is 0. The molecule has 0 aromatic heterocycles. The summed E-state index contributed by atoms with van der Waals surface area (Å²) in [4.78, 5) is 11.6. The van der Waals surface area contributed by atoms with Crippen LogP contribution in [0.15, 0.2) is 11.1 Å². The highest BCUT2D eigenvalue weighted by Crippen LogP contribution is 2.30. The fraction of sp³-hybridized carbons (Fsp3) is 0.870. The summed E-state index contributed by atoms with van der Waals surface area (Å²) in [5.74, 6) is 0.540. The minimum atomic E-state index is -0.372. The van der Waals surface area contributed by atoms with Gasteiger partial charge in [-0.1, -0.05) is 76.7 Å². The lowest BCUT2D eigenvalue weighted by Gasteiger charge is -2.23. The molecule has 0 saturated carbocycles. The van der Waals surface area contributed by atoms with E-state index in [2.05, 4.69) is 6.92 Å². The highest BCUT2D eigenvalue weighted by atomic mass is 16.3. The summed E-state index contributed by atoms with van der Waals surface area (Å²) in [6.07, 6.45) is 18.2. The number of carbonyl (C=O) groups excluding carboxylic acids is 1. The van der Waals surface area contributed by atoms with E-state index < -0.39 is 0 Å². The van der Waals surface area contributed by atoms with Crippen molar-refractivity contribution in [3.63, 3.8) is 0 Å². The molecule has 0 saturated heterocycles. The molecule has 0 amide bonds. The number of carbonyl (C=O) groups is 1. The van der Waals surface area contributed by atoms with Crippen molar-refractivity contribution in [2.24, 2.45) is 5.92 Å². The molecule has 1 rings (SSSR count). The predicted octanol–water partition coefficient (Wildman–Crippen LogP) is 6.75. The van der Waals surface area contributed by atoms with Crippen molar-refractivity contribution < 1.29 is 9.90 Å². The summed E-state index contributed by atoms with van der Waals surface area (Å²) < 4.78 is 0. The van der Waals surface area contributed by atoms with Crippen molar-refractivity contribution in [2.75, 3.05) is 0 Å². The molecule has 0 spiro atoms. The Labute approximate surface area is 156 Å². The van der Waals surface area contributed by atoms with Gasteiger partial charge in [-0.2, -0.15) is 0 Å². The van der Waals surface area contributed by atoms with Gasteiger partial charge in [0.15, 0.2) is 0 Å². The minimum absolute atomic E-state index is 0.261. The summed E-state index contributed by atoms with van der Waals surface area (Å²) in [6.45, 7) is 5.78. The van der Waals surface area contributed by atoms with E-state index in [9.17, 15) is 9.90 Å². The second-order valence-corrected chi connectivity index (χ2v) is 8.28. The number of Topliss-reactive ketones (excluding diaryl/α,β-unsaturated/α-hetero) is 1. The Balaban J connectivity index is 2.81. The van der Waals surface area contributed by atoms with Crippen molar-refractivity contribution in [2.45, 2.75) is 123 Å². The average Bonchev–Trinajstić information content (AvgIpc) is 2.53. The van der Waals surface area contributed by atoms with E-state index in [-0.39, 0.29) is 17.8 Å². The molecule has 0 radical (unpaired) electrons. The Hall–Kier alpha value is -0.630. The van der Waals surface area contributed by atoms with Gasteiger partial charge >= 0.3 is 0 Å². The summed E-state index contributed by atoms with van der Waals surface area (Å²) in [5, 5.41) is 10.4. The lowest BCUT2D eigenvalue weighted by molar-refractivity contribution is -0.117. The first kappa shape index (κ1) is 22.4. The number of hydrogen-bond acceptors (Lipinski definition) is 2. The van der Waals surface area contributed by atoms with Gasteiger partial charge in [-0.25, -0.2) is 0 Å². The van der Waals surface area contributed by atoms with Crippen LogP contribution >= 0.6 is 0 Å². The van der Waals surface area contributed by atoms with E-state index in [4.69, 9.17) is 0 Å². The van der Waals surface area contributed by atoms with Crippen molar-refractivity contribution in [1.29, 1.82) is 0 Å². The number of allylic oxidation sites excluding steroid dienone is 1. The normalized spacial score (nSPS) is 22.4. The van der Waals surface area contributed by atoms with Crippen LogP contribution in [0, 0.1) is 5.92 Å². The number of aliphatic hydroxyl groups excluding tert-OH is 1.